The van der Waals surface area contributed by atoms with Crippen LogP contribution in [0.5, 0.6) is 17.2 Å². The average Bonchev–Trinajstić information content (AvgIpc) is 3.24. The van der Waals surface area contributed by atoms with Crippen molar-refractivity contribution in [1.29, 1.82) is 0 Å². The molecule has 0 saturated carbocycles. The van der Waals surface area contributed by atoms with Gasteiger partial charge in [0.1, 0.15) is 17.2 Å². The quantitative estimate of drug-likeness (QED) is 0.584. The van der Waals surface area contributed by atoms with Crippen LogP contribution in [0.25, 0.3) is 0 Å². The van der Waals surface area contributed by atoms with Gasteiger partial charge in [-0.15, -0.1) is 0 Å². The van der Waals surface area contributed by atoms with E-state index in [1.807, 2.05) is 18.2 Å². The minimum Gasteiger partial charge on any atom is -0.496 e. The van der Waals surface area contributed by atoms with Crippen molar-refractivity contribution in [1.82, 2.24) is 0 Å². The Kier molecular flexibility index (Phi) is 6.78. The van der Waals surface area contributed by atoms with Crippen molar-refractivity contribution in [3.8, 4) is 17.2 Å². The highest BCUT2D eigenvalue weighted by molar-refractivity contribution is 8.16. The SMILES string of the molecule is COc1cc(OC)c(N2C(=NC(=O)Cc3ccccc3OC)S[C@@H]3CS(=O)(=O)C[C@H]32)cc1Cl. The van der Waals surface area contributed by atoms with Crippen molar-refractivity contribution >= 4 is 50.0 Å². The Balaban J connectivity index is 1.73. The van der Waals surface area contributed by atoms with Crippen molar-refractivity contribution in [2.24, 2.45) is 4.99 Å². The molecule has 4 rings (SSSR count). The number of amides is 1. The lowest BCUT2D eigenvalue weighted by Gasteiger charge is -2.27. The monoisotopic (exact) mass is 510 g/mol. The van der Waals surface area contributed by atoms with E-state index < -0.39 is 15.9 Å². The van der Waals surface area contributed by atoms with Gasteiger partial charge in [0.05, 0.1) is 56.0 Å². The van der Waals surface area contributed by atoms with Crippen LogP contribution >= 0.6 is 23.4 Å². The van der Waals surface area contributed by atoms with Gasteiger partial charge in [0.2, 0.25) is 0 Å². The number of nitrogens with zero attached hydrogens (tertiary/aromatic N) is 2. The fraction of sp³-hybridized carbons (Fsp3) is 0.364. The smallest absolute Gasteiger partial charge is 0.252 e. The number of ether oxygens (including phenoxy) is 3. The molecule has 0 aromatic heterocycles. The number of fused-ring (bicyclic) bond motifs is 1. The van der Waals surface area contributed by atoms with E-state index in [-0.39, 0.29) is 29.1 Å². The summed E-state index contributed by atoms with van der Waals surface area (Å²) >= 11 is 7.66. The molecule has 2 aromatic carbocycles. The summed E-state index contributed by atoms with van der Waals surface area (Å²) in [6, 6.07) is 10.1. The van der Waals surface area contributed by atoms with E-state index in [4.69, 9.17) is 25.8 Å². The van der Waals surface area contributed by atoms with Gasteiger partial charge in [0.15, 0.2) is 15.0 Å². The molecule has 1 amide bonds. The molecule has 2 aliphatic rings. The zero-order valence-electron chi connectivity index (χ0n) is 18.3. The van der Waals surface area contributed by atoms with Crippen molar-refractivity contribution in [2.75, 3.05) is 37.7 Å². The number of halogens is 1. The number of hydrogen-bond acceptors (Lipinski definition) is 7. The fourth-order valence-corrected chi connectivity index (χ4v) is 8.20. The summed E-state index contributed by atoms with van der Waals surface area (Å²) in [5.41, 5.74) is 1.25. The zero-order chi connectivity index (χ0) is 23.8. The van der Waals surface area contributed by atoms with Crippen LogP contribution in [0.15, 0.2) is 41.4 Å². The second-order valence-corrected chi connectivity index (χ2v) is 11.4. The average molecular weight is 511 g/mol. The standard InChI is InChI=1S/C22H23ClN2O6S2/c1-29-17-7-5-4-6-13(17)8-21(26)24-22-25(16-11-33(27,28)12-20(16)32-22)15-9-14(23)18(30-2)10-19(15)31-3/h4-7,9-10,16,20H,8,11-12H2,1-3H3/t16-,20-/m1/s1. The van der Waals surface area contributed by atoms with Crippen molar-refractivity contribution in [3.63, 3.8) is 0 Å². The molecule has 0 bridgehead atoms. The van der Waals surface area contributed by atoms with E-state index in [2.05, 4.69) is 4.99 Å². The molecule has 2 heterocycles. The largest absolute Gasteiger partial charge is 0.496 e. The van der Waals surface area contributed by atoms with Gasteiger partial charge in [-0.1, -0.05) is 41.6 Å². The maximum Gasteiger partial charge on any atom is 0.252 e. The molecular formula is C22H23ClN2O6S2. The van der Waals surface area contributed by atoms with Gasteiger partial charge in [-0.3, -0.25) is 4.79 Å². The number of carbonyl (C=O) groups is 1. The number of aliphatic imine (C=N–C) groups is 1. The molecule has 0 spiro atoms. The summed E-state index contributed by atoms with van der Waals surface area (Å²) in [7, 11) is 1.33. The number of hydrogen-bond donors (Lipinski definition) is 0. The number of rotatable bonds is 6. The van der Waals surface area contributed by atoms with Crippen LogP contribution in [-0.4, -0.2) is 63.6 Å². The molecule has 33 heavy (non-hydrogen) atoms. The number of methoxy groups -OCH3 is 3. The minimum absolute atomic E-state index is 0.0186. The summed E-state index contributed by atoms with van der Waals surface area (Å²) in [6.07, 6.45) is 0.0516. The zero-order valence-corrected chi connectivity index (χ0v) is 20.7. The Morgan fingerprint density at radius 1 is 1.09 bits per heavy atom. The number of para-hydroxylation sites is 1. The normalized spacial score (nSPS) is 22.3. The van der Waals surface area contributed by atoms with Crippen LogP contribution in [-0.2, 0) is 21.1 Å². The summed E-state index contributed by atoms with van der Waals surface area (Å²) in [5.74, 6) is 1.07. The molecular weight excluding hydrogens is 488 g/mol. The predicted molar refractivity (Wildman–Crippen MR) is 130 cm³/mol. The lowest BCUT2D eigenvalue weighted by Crippen LogP contribution is -2.38. The predicted octanol–water partition coefficient (Wildman–Crippen LogP) is 3.21. The fourth-order valence-electron chi connectivity index (χ4n) is 4.04. The Bertz CT molecular complexity index is 1220. The van der Waals surface area contributed by atoms with Gasteiger partial charge >= 0.3 is 0 Å². The van der Waals surface area contributed by atoms with Crippen LogP contribution in [0.3, 0.4) is 0 Å². The topological polar surface area (TPSA) is 94.5 Å². The number of benzene rings is 2. The summed E-state index contributed by atoms with van der Waals surface area (Å²) in [4.78, 5) is 19.0. The maximum absolute atomic E-state index is 12.9. The number of sulfone groups is 1. The lowest BCUT2D eigenvalue weighted by molar-refractivity contribution is -0.117. The van der Waals surface area contributed by atoms with Gasteiger partial charge in [0.25, 0.3) is 5.91 Å². The van der Waals surface area contributed by atoms with Crippen LogP contribution in [0.1, 0.15) is 5.56 Å². The second kappa shape index (κ2) is 9.44. The summed E-state index contributed by atoms with van der Waals surface area (Å²) in [6.45, 7) is 0. The van der Waals surface area contributed by atoms with E-state index in [1.54, 1.807) is 30.2 Å². The third kappa shape index (κ3) is 4.78. The van der Waals surface area contributed by atoms with Gasteiger partial charge in [-0.2, -0.15) is 4.99 Å². The number of carbonyl (C=O) groups excluding carboxylic acids is 1. The minimum atomic E-state index is -3.22. The van der Waals surface area contributed by atoms with Gasteiger partial charge in [-0.25, -0.2) is 8.42 Å². The lowest BCUT2D eigenvalue weighted by atomic mass is 10.1. The first kappa shape index (κ1) is 23.7. The molecule has 8 nitrogen and oxygen atoms in total. The third-order valence-electron chi connectivity index (χ3n) is 5.53. The van der Waals surface area contributed by atoms with E-state index >= 15 is 0 Å². The van der Waals surface area contributed by atoms with Crippen molar-refractivity contribution < 1.29 is 27.4 Å². The van der Waals surface area contributed by atoms with Crippen LogP contribution in [0, 0.1) is 0 Å². The first-order chi connectivity index (χ1) is 15.8. The Labute approximate surface area is 201 Å². The molecule has 11 heteroatoms. The molecule has 0 N–H and O–H groups in total. The first-order valence-electron chi connectivity index (χ1n) is 10.1. The van der Waals surface area contributed by atoms with Crippen LogP contribution < -0.4 is 19.1 Å². The molecule has 2 fully saturated rings. The highest BCUT2D eigenvalue weighted by Crippen LogP contribution is 2.46. The molecule has 2 saturated heterocycles. The van der Waals surface area contributed by atoms with Gasteiger partial charge < -0.3 is 19.1 Å². The highest BCUT2D eigenvalue weighted by Gasteiger charge is 2.50. The van der Waals surface area contributed by atoms with E-state index in [0.717, 1.165) is 5.56 Å². The van der Waals surface area contributed by atoms with Gasteiger partial charge in [-0.05, 0) is 12.1 Å². The molecule has 176 valence electrons. The molecule has 0 unspecified atom stereocenters. The Morgan fingerprint density at radius 2 is 1.79 bits per heavy atom. The van der Waals surface area contributed by atoms with Gasteiger partial charge in [0, 0.05) is 16.9 Å². The van der Waals surface area contributed by atoms with Crippen molar-refractivity contribution in [2.45, 2.75) is 17.7 Å². The Morgan fingerprint density at radius 3 is 2.48 bits per heavy atom. The number of amidine groups is 1. The molecule has 2 aliphatic heterocycles. The van der Waals surface area contributed by atoms with E-state index in [1.165, 1.54) is 26.0 Å². The molecule has 0 aliphatic carbocycles. The summed E-state index contributed by atoms with van der Waals surface area (Å²) < 4.78 is 40.8. The molecule has 2 aromatic rings. The van der Waals surface area contributed by atoms with Crippen molar-refractivity contribution in [3.05, 3.63) is 47.0 Å². The van der Waals surface area contributed by atoms with Crippen LogP contribution in [0.4, 0.5) is 5.69 Å². The number of anilines is 1. The third-order valence-corrected chi connectivity index (χ3v) is 9.04. The van der Waals surface area contributed by atoms with Crippen LogP contribution in [0.2, 0.25) is 5.02 Å². The Hall–Kier alpha value is -2.43. The highest BCUT2D eigenvalue weighted by atomic mass is 35.5. The maximum atomic E-state index is 12.9. The molecule has 0 radical (unpaired) electrons. The first-order valence-corrected chi connectivity index (χ1v) is 13.2. The van der Waals surface area contributed by atoms with E-state index in [9.17, 15) is 13.2 Å². The molecule has 2 atom stereocenters. The number of thioether (sulfide) groups is 1. The second-order valence-electron chi connectivity index (χ2n) is 7.61. The summed E-state index contributed by atoms with van der Waals surface area (Å²) in [5, 5.41) is 0.500. The van der Waals surface area contributed by atoms with E-state index in [0.29, 0.717) is 33.1 Å².